The van der Waals surface area contributed by atoms with Crippen LogP contribution in [-0.2, 0) is 17.6 Å². The number of aryl methyl sites for hydroxylation is 1. The van der Waals surface area contributed by atoms with Gasteiger partial charge in [-0.15, -0.1) is 0 Å². The highest BCUT2D eigenvalue weighted by Crippen LogP contribution is 2.34. The number of nitrogens with one attached hydrogen (secondary N) is 1. The zero-order valence-electron chi connectivity index (χ0n) is 17.3. The van der Waals surface area contributed by atoms with Crippen LogP contribution in [0.25, 0.3) is 16.6 Å². The van der Waals surface area contributed by atoms with Crippen LogP contribution in [0.4, 0.5) is 18.9 Å². The summed E-state index contributed by atoms with van der Waals surface area (Å²) in [7, 11) is 1.67. The molecular weight excluding hydrogens is 439 g/mol. The molecule has 0 bridgehead atoms. The Morgan fingerprint density at radius 1 is 1.16 bits per heavy atom. The van der Waals surface area contributed by atoms with Crippen LogP contribution in [0.2, 0.25) is 0 Å². The lowest BCUT2D eigenvalue weighted by atomic mass is 10.1. The van der Waals surface area contributed by atoms with Crippen molar-refractivity contribution in [2.45, 2.75) is 19.8 Å². The van der Waals surface area contributed by atoms with Gasteiger partial charge in [-0.1, -0.05) is 30.3 Å². The number of benzene rings is 2. The molecular formula is C22H20F3N5OS. The maximum absolute atomic E-state index is 13.1. The Balaban J connectivity index is 1.53. The van der Waals surface area contributed by atoms with Gasteiger partial charge in [0.15, 0.2) is 5.65 Å². The molecule has 0 atom stereocenters. The van der Waals surface area contributed by atoms with E-state index in [0.29, 0.717) is 10.4 Å². The molecule has 4 aromatic rings. The monoisotopic (exact) mass is 459 g/mol. The lowest BCUT2D eigenvalue weighted by Crippen LogP contribution is -2.32. The highest BCUT2D eigenvalue weighted by Gasteiger charge is 2.33. The number of pyridine rings is 1. The maximum atomic E-state index is 13.1. The third kappa shape index (κ3) is 4.23. The Kier molecular flexibility index (Phi) is 5.74. The van der Waals surface area contributed by atoms with Crippen molar-refractivity contribution in [3.63, 3.8) is 0 Å². The molecule has 0 aliphatic carbocycles. The fraction of sp³-hybridized carbons (Fsp3) is 0.227. The Bertz CT molecular complexity index is 1380. The van der Waals surface area contributed by atoms with E-state index in [-0.39, 0.29) is 18.9 Å². The van der Waals surface area contributed by atoms with Gasteiger partial charge in [-0.25, -0.2) is 4.68 Å². The van der Waals surface area contributed by atoms with Crippen molar-refractivity contribution in [3.8, 4) is 0 Å². The van der Waals surface area contributed by atoms with E-state index in [1.54, 1.807) is 16.6 Å². The molecule has 0 unspecified atom stereocenters. The van der Waals surface area contributed by atoms with E-state index < -0.39 is 17.6 Å². The SMILES string of the molecule is Cc1cc2nn(CN(C)CC(=O)Nc3ccccc3C(F)(F)F)c(=S)n2c2ccccc12. The summed E-state index contributed by atoms with van der Waals surface area (Å²) >= 11 is 5.60. The number of alkyl halides is 3. The average molecular weight is 459 g/mol. The number of halogens is 3. The van der Waals surface area contributed by atoms with Gasteiger partial charge in [0, 0.05) is 5.39 Å². The third-order valence-electron chi connectivity index (χ3n) is 5.08. The largest absolute Gasteiger partial charge is 0.418 e. The van der Waals surface area contributed by atoms with Crippen LogP contribution in [0.5, 0.6) is 0 Å². The van der Waals surface area contributed by atoms with Gasteiger partial charge in [0.25, 0.3) is 0 Å². The van der Waals surface area contributed by atoms with Gasteiger partial charge in [-0.2, -0.15) is 18.3 Å². The van der Waals surface area contributed by atoms with Gasteiger partial charge in [-0.05, 0) is 56.0 Å². The zero-order chi connectivity index (χ0) is 23.0. The number of carbonyl (C=O) groups is 1. The molecule has 0 saturated carbocycles. The van der Waals surface area contributed by atoms with E-state index in [0.717, 1.165) is 22.5 Å². The molecule has 1 N–H and O–H groups in total. The number of likely N-dealkylation sites (N-methyl/N-ethyl adjacent to an activating group) is 1. The van der Waals surface area contributed by atoms with Crippen molar-refractivity contribution in [2.75, 3.05) is 18.9 Å². The van der Waals surface area contributed by atoms with Gasteiger partial charge in [-0.3, -0.25) is 14.1 Å². The Labute approximate surface area is 186 Å². The fourth-order valence-electron chi connectivity index (χ4n) is 3.66. The molecule has 1 amide bonds. The Morgan fingerprint density at radius 2 is 1.84 bits per heavy atom. The van der Waals surface area contributed by atoms with E-state index in [1.807, 2.05) is 41.7 Å². The molecule has 0 saturated heterocycles. The molecule has 2 aromatic carbocycles. The minimum Gasteiger partial charge on any atom is -0.324 e. The van der Waals surface area contributed by atoms with E-state index >= 15 is 0 Å². The molecule has 0 radical (unpaired) electrons. The molecule has 6 nitrogen and oxygen atoms in total. The summed E-state index contributed by atoms with van der Waals surface area (Å²) < 4.78 is 43.4. The molecule has 0 fully saturated rings. The number of rotatable bonds is 5. The van der Waals surface area contributed by atoms with Crippen LogP contribution in [0.1, 0.15) is 11.1 Å². The maximum Gasteiger partial charge on any atom is 0.418 e. The number of anilines is 1. The summed E-state index contributed by atoms with van der Waals surface area (Å²) in [5, 5.41) is 7.96. The van der Waals surface area contributed by atoms with Gasteiger partial charge < -0.3 is 5.32 Å². The first kappa shape index (κ1) is 22.0. The van der Waals surface area contributed by atoms with E-state index in [2.05, 4.69) is 10.4 Å². The quantitative estimate of drug-likeness (QED) is 0.433. The summed E-state index contributed by atoms with van der Waals surface area (Å²) in [6.07, 6.45) is -4.56. The van der Waals surface area contributed by atoms with E-state index in [4.69, 9.17) is 12.2 Å². The summed E-state index contributed by atoms with van der Waals surface area (Å²) in [6, 6.07) is 14.7. The zero-order valence-corrected chi connectivity index (χ0v) is 18.2. The van der Waals surface area contributed by atoms with Crippen molar-refractivity contribution < 1.29 is 18.0 Å². The molecule has 10 heteroatoms. The second-order valence-corrected chi connectivity index (χ2v) is 7.93. The number of amides is 1. The molecule has 2 heterocycles. The number of hydrogen-bond donors (Lipinski definition) is 1. The van der Waals surface area contributed by atoms with Crippen molar-refractivity contribution in [2.24, 2.45) is 0 Å². The molecule has 0 aliphatic heterocycles. The predicted molar refractivity (Wildman–Crippen MR) is 119 cm³/mol. The van der Waals surface area contributed by atoms with Crippen LogP contribution in [0, 0.1) is 11.7 Å². The van der Waals surface area contributed by atoms with Crippen LogP contribution in [0.15, 0.2) is 54.6 Å². The van der Waals surface area contributed by atoms with Crippen molar-refractivity contribution in [3.05, 3.63) is 70.5 Å². The van der Waals surface area contributed by atoms with Crippen molar-refractivity contribution in [1.82, 2.24) is 19.1 Å². The highest BCUT2D eigenvalue weighted by molar-refractivity contribution is 7.71. The summed E-state index contributed by atoms with van der Waals surface area (Å²) in [6.45, 7) is 2.06. The minimum atomic E-state index is -4.56. The van der Waals surface area contributed by atoms with Crippen molar-refractivity contribution in [1.29, 1.82) is 0 Å². The first-order valence-electron chi connectivity index (χ1n) is 9.77. The number of hydrogen-bond acceptors (Lipinski definition) is 4. The lowest BCUT2D eigenvalue weighted by Gasteiger charge is -2.17. The molecule has 4 rings (SSSR count). The number of aromatic nitrogens is 3. The van der Waals surface area contributed by atoms with Gasteiger partial charge >= 0.3 is 6.18 Å². The van der Waals surface area contributed by atoms with Gasteiger partial charge in [0.1, 0.15) is 0 Å². The first-order valence-corrected chi connectivity index (χ1v) is 10.2. The van der Waals surface area contributed by atoms with Crippen LogP contribution in [0.3, 0.4) is 0 Å². The Hall–Kier alpha value is -3.24. The first-order chi connectivity index (χ1) is 15.1. The van der Waals surface area contributed by atoms with E-state index in [9.17, 15) is 18.0 Å². The fourth-order valence-corrected chi connectivity index (χ4v) is 3.95. The predicted octanol–water partition coefficient (Wildman–Crippen LogP) is 4.87. The molecule has 0 aliphatic rings. The Morgan fingerprint density at radius 3 is 2.59 bits per heavy atom. The average Bonchev–Trinajstić information content (AvgIpc) is 3.02. The topological polar surface area (TPSA) is 54.6 Å². The number of fused-ring (bicyclic) bond motifs is 3. The standard InChI is InChI=1S/C22H20F3N5OS/c1-14-11-19-27-29(21(32)30(19)18-10-6-3-7-15(14)18)13-28(2)12-20(31)26-17-9-5-4-8-16(17)22(23,24)25/h3-11H,12-13H2,1-2H3,(H,26,31). The van der Waals surface area contributed by atoms with Crippen LogP contribution in [-0.4, -0.2) is 38.6 Å². The molecule has 166 valence electrons. The molecule has 0 spiro atoms. The number of carbonyl (C=O) groups excluding carboxylic acids is 1. The second-order valence-electron chi connectivity index (χ2n) is 7.57. The van der Waals surface area contributed by atoms with E-state index in [1.165, 1.54) is 18.2 Å². The van der Waals surface area contributed by atoms with Crippen LogP contribution < -0.4 is 5.32 Å². The molecule has 2 aromatic heterocycles. The smallest absolute Gasteiger partial charge is 0.324 e. The van der Waals surface area contributed by atoms with Gasteiger partial charge in [0.2, 0.25) is 10.7 Å². The summed E-state index contributed by atoms with van der Waals surface area (Å²) in [5.41, 5.74) is 1.52. The lowest BCUT2D eigenvalue weighted by molar-refractivity contribution is -0.137. The van der Waals surface area contributed by atoms with Crippen molar-refractivity contribution >= 4 is 40.4 Å². The summed E-state index contributed by atoms with van der Waals surface area (Å²) in [4.78, 5) is 14.0. The number of nitrogens with zero attached hydrogens (tertiary/aromatic N) is 4. The normalized spacial score (nSPS) is 12.1. The second kappa shape index (κ2) is 8.36. The third-order valence-corrected chi connectivity index (χ3v) is 5.47. The summed E-state index contributed by atoms with van der Waals surface area (Å²) in [5.74, 6) is -0.569. The van der Waals surface area contributed by atoms with Crippen LogP contribution >= 0.6 is 12.2 Å². The number of para-hydroxylation sites is 2. The minimum absolute atomic E-state index is 0.137. The molecule has 32 heavy (non-hydrogen) atoms. The highest BCUT2D eigenvalue weighted by atomic mass is 32.1. The van der Waals surface area contributed by atoms with Gasteiger partial charge in [0.05, 0.1) is 30.0 Å².